The number of hydrogen-bond donors (Lipinski definition) is 2. The van der Waals surface area contributed by atoms with Crippen LogP contribution in [0.1, 0.15) is 24.2 Å². The number of para-hydroxylation sites is 2. The number of amides is 2. The van der Waals surface area contributed by atoms with Crippen LogP contribution in [0, 0.1) is 5.92 Å². The van der Waals surface area contributed by atoms with E-state index in [2.05, 4.69) is 10.6 Å². The first-order valence-electron chi connectivity index (χ1n) is 9.16. The summed E-state index contributed by atoms with van der Waals surface area (Å²) in [5.41, 5.74) is 0.448. The third kappa shape index (κ3) is 4.95. The zero-order valence-electron chi connectivity index (χ0n) is 15.8. The van der Waals surface area contributed by atoms with Crippen molar-refractivity contribution in [2.75, 3.05) is 13.2 Å². The van der Waals surface area contributed by atoms with Crippen molar-refractivity contribution in [2.24, 2.45) is 5.92 Å². The molecule has 1 heterocycles. The highest BCUT2D eigenvalue weighted by Crippen LogP contribution is 2.30. The van der Waals surface area contributed by atoms with Gasteiger partial charge in [-0.1, -0.05) is 37.6 Å². The molecule has 2 aromatic rings. The van der Waals surface area contributed by atoms with Gasteiger partial charge in [-0.2, -0.15) is 0 Å². The number of halogens is 1. The first-order chi connectivity index (χ1) is 13.4. The molecule has 1 aliphatic heterocycles. The third-order valence-corrected chi connectivity index (χ3v) is 4.67. The Morgan fingerprint density at radius 2 is 1.79 bits per heavy atom. The second kappa shape index (κ2) is 8.97. The van der Waals surface area contributed by atoms with Gasteiger partial charge < -0.3 is 20.1 Å². The van der Waals surface area contributed by atoms with E-state index in [-0.39, 0.29) is 30.4 Å². The van der Waals surface area contributed by atoms with Crippen molar-refractivity contribution in [3.8, 4) is 11.5 Å². The zero-order valence-corrected chi connectivity index (χ0v) is 16.5. The van der Waals surface area contributed by atoms with E-state index in [1.165, 1.54) is 0 Å². The van der Waals surface area contributed by atoms with Crippen molar-refractivity contribution in [1.82, 2.24) is 10.6 Å². The molecule has 7 heteroatoms. The molecule has 6 nitrogen and oxygen atoms in total. The van der Waals surface area contributed by atoms with Crippen LogP contribution in [0.25, 0.3) is 0 Å². The van der Waals surface area contributed by atoms with Crippen LogP contribution in [0.2, 0.25) is 5.02 Å². The van der Waals surface area contributed by atoms with E-state index in [1.807, 2.05) is 38.1 Å². The summed E-state index contributed by atoms with van der Waals surface area (Å²) >= 11 is 5.85. The van der Waals surface area contributed by atoms with Crippen LogP contribution in [0.15, 0.2) is 48.5 Å². The number of benzene rings is 2. The van der Waals surface area contributed by atoms with Crippen molar-refractivity contribution >= 4 is 23.4 Å². The largest absolute Gasteiger partial charge is 0.486 e. The monoisotopic (exact) mass is 402 g/mol. The molecule has 2 aromatic carbocycles. The predicted octanol–water partition coefficient (Wildman–Crippen LogP) is 3.05. The Morgan fingerprint density at radius 1 is 1.11 bits per heavy atom. The van der Waals surface area contributed by atoms with E-state index >= 15 is 0 Å². The summed E-state index contributed by atoms with van der Waals surface area (Å²) in [5.74, 6) is 0.682. The van der Waals surface area contributed by atoms with Crippen molar-refractivity contribution in [3.63, 3.8) is 0 Å². The minimum Gasteiger partial charge on any atom is -0.486 e. The van der Waals surface area contributed by atoms with Crippen molar-refractivity contribution in [3.05, 3.63) is 59.1 Å². The zero-order chi connectivity index (χ0) is 20.1. The predicted molar refractivity (Wildman–Crippen MR) is 107 cm³/mol. The third-order valence-electron chi connectivity index (χ3n) is 4.41. The Bertz CT molecular complexity index is 839. The highest BCUT2D eigenvalue weighted by molar-refractivity contribution is 6.30. The van der Waals surface area contributed by atoms with Gasteiger partial charge in [-0.05, 0) is 42.3 Å². The molecule has 1 aliphatic rings. The van der Waals surface area contributed by atoms with Gasteiger partial charge in [0.1, 0.15) is 18.8 Å². The molecular weight excluding hydrogens is 380 g/mol. The Morgan fingerprint density at radius 3 is 2.46 bits per heavy atom. The maximum Gasteiger partial charge on any atom is 0.251 e. The quantitative estimate of drug-likeness (QED) is 0.778. The molecule has 2 N–H and O–H groups in total. The molecule has 0 saturated carbocycles. The molecule has 0 radical (unpaired) electrons. The average Bonchev–Trinajstić information content (AvgIpc) is 2.70. The minimum atomic E-state index is -0.667. The topological polar surface area (TPSA) is 76.7 Å². The number of nitrogens with one attached hydrogen (secondary N) is 2. The fourth-order valence-electron chi connectivity index (χ4n) is 2.85. The van der Waals surface area contributed by atoms with Crippen molar-refractivity contribution in [1.29, 1.82) is 0 Å². The van der Waals surface area contributed by atoms with Crippen LogP contribution in [0.5, 0.6) is 11.5 Å². The van der Waals surface area contributed by atoms with Crippen LogP contribution in [0.3, 0.4) is 0 Å². The van der Waals surface area contributed by atoms with Gasteiger partial charge >= 0.3 is 0 Å². The minimum absolute atomic E-state index is 0.0829. The summed E-state index contributed by atoms with van der Waals surface area (Å²) in [4.78, 5) is 25.1. The van der Waals surface area contributed by atoms with Crippen LogP contribution in [-0.2, 0) is 4.79 Å². The average molecular weight is 403 g/mol. The molecule has 148 valence electrons. The molecule has 0 aliphatic carbocycles. The van der Waals surface area contributed by atoms with Crippen LogP contribution < -0.4 is 20.1 Å². The number of rotatable bonds is 6. The number of carbonyl (C=O) groups is 2. The van der Waals surface area contributed by atoms with Crippen molar-refractivity contribution in [2.45, 2.75) is 26.0 Å². The number of carbonyl (C=O) groups excluding carboxylic acids is 2. The summed E-state index contributed by atoms with van der Waals surface area (Å²) < 4.78 is 11.5. The molecule has 0 aromatic heterocycles. The Kier molecular flexibility index (Phi) is 6.41. The Labute approximate surface area is 169 Å². The van der Waals surface area contributed by atoms with Gasteiger partial charge in [0.15, 0.2) is 11.5 Å². The summed E-state index contributed by atoms with van der Waals surface area (Å²) in [5, 5.41) is 6.19. The molecule has 2 atom stereocenters. The molecule has 0 saturated heterocycles. The maximum atomic E-state index is 12.7. The number of fused-ring (bicyclic) bond motifs is 1. The lowest BCUT2D eigenvalue weighted by Crippen LogP contribution is -2.52. The first-order valence-corrected chi connectivity index (χ1v) is 9.54. The normalized spacial score (nSPS) is 16.4. The van der Waals surface area contributed by atoms with Crippen LogP contribution >= 0.6 is 11.6 Å². The number of ether oxygens (including phenoxy) is 2. The lowest BCUT2D eigenvalue weighted by molar-refractivity contribution is -0.124. The molecule has 28 heavy (non-hydrogen) atoms. The van der Waals surface area contributed by atoms with Gasteiger partial charge in [0.2, 0.25) is 5.91 Å². The SMILES string of the molecule is CC(C)C(NC(=O)c1ccc(Cl)cc1)C(=O)NCC1COc2ccccc2O1. The first kappa shape index (κ1) is 20.0. The molecule has 3 rings (SSSR count). The molecule has 0 spiro atoms. The lowest BCUT2D eigenvalue weighted by atomic mass is 10.0. The number of hydrogen-bond acceptors (Lipinski definition) is 4. The highest BCUT2D eigenvalue weighted by Gasteiger charge is 2.27. The van der Waals surface area contributed by atoms with E-state index in [0.29, 0.717) is 28.7 Å². The van der Waals surface area contributed by atoms with Gasteiger partial charge in [0.25, 0.3) is 5.91 Å². The summed E-state index contributed by atoms with van der Waals surface area (Å²) in [6, 6.07) is 13.3. The van der Waals surface area contributed by atoms with Gasteiger partial charge in [0.05, 0.1) is 6.54 Å². The lowest BCUT2D eigenvalue weighted by Gasteiger charge is -2.28. The molecular formula is C21H23ClN2O4. The summed E-state index contributed by atoms with van der Waals surface area (Å²) in [6.07, 6.45) is -0.293. The van der Waals surface area contributed by atoms with Gasteiger partial charge in [-0.15, -0.1) is 0 Å². The molecule has 2 unspecified atom stereocenters. The van der Waals surface area contributed by atoms with Gasteiger partial charge in [-0.3, -0.25) is 9.59 Å². The van der Waals surface area contributed by atoms with E-state index < -0.39 is 6.04 Å². The van der Waals surface area contributed by atoms with Crippen LogP contribution in [0.4, 0.5) is 0 Å². The van der Waals surface area contributed by atoms with E-state index in [1.54, 1.807) is 24.3 Å². The fourth-order valence-corrected chi connectivity index (χ4v) is 2.97. The highest BCUT2D eigenvalue weighted by atomic mass is 35.5. The van der Waals surface area contributed by atoms with E-state index in [4.69, 9.17) is 21.1 Å². The van der Waals surface area contributed by atoms with Gasteiger partial charge in [-0.25, -0.2) is 0 Å². The summed E-state index contributed by atoms with van der Waals surface area (Å²) in [7, 11) is 0. The summed E-state index contributed by atoms with van der Waals surface area (Å²) in [6.45, 7) is 4.39. The second-order valence-electron chi connectivity index (χ2n) is 6.94. The van der Waals surface area contributed by atoms with Gasteiger partial charge in [0, 0.05) is 10.6 Å². The fraction of sp³-hybridized carbons (Fsp3) is 0.333. The molecule has 2 amide bonds. The molecule has 0 fully saturated rings. The van der Waals surface area contributed by atoms with E-state index in [0.717, 1.165) is 0 Å². The second-order valence-corrected chi connectivity index (χ2v) is 7.38. The van der Waals surface area contributed by atoms with Crippen LogP contribution in [-0.4, -0.2) is 37.1 Å². The molecule has 0 bridgehead atoms. The van der Waals surface area contributed by atoms with Crippen molar-refractivity contribution < 1.29 is 19.1 Å². The standard InChI is InChI=1S/C21H23ClN2O4/c1-13(2)19(24-20(25)14-7-9-15(22)10-8-14)21(26)23-11-16-12-27-17-5-3-4-6-18(17)28-16/h3-10,13,16,19H,11-12H2,1-2H3,(H,23,26)(H,24,25). The van der Waals surface area contributed by atoms with E-state index in [9.17, 15) is 9.59 Å². The smallest absolute Gasteiger partial charge is 0.251 e. The maximum absolute atomic E-state index is 12.7. The Hall–Kier alpha value is -2.73. The Balaban J connectivity index is 1.56.